The lowest BCUT2D eigenvalue weighted by Gasteiger charge is -2.07. The van der Waals surface area contributed by atoms with E-state index in [-0.39, 0.29) is 0 Å². The van der Waals surface area contributed by atoms with Crippen molar-refractivity contribution in [1.29, 1.82) is 0 Å². The molecule has 0 fully saturated rings. The van der Waals surface area contributed by atoms with E-state index >= 15 is 0 Å². The molecule has 0 radical (unpaired) electrons. The molecule has 0 spiro atoms. The van der Waals surface area contributed by atoms with Crippen LogP contribution in [0.1, 0.15) is 15.9 Å². The minimum Gasteiger partial charge on any atom is -0.478 e. The van der Waals surface area contributed by atoms with Gasteiger partial charge in [-0.25, -0.2) is 14.3 Å². The molecule has 106 valence electrons. The summed E-state index contributed by atoms with van der Waals surface area (Å²) in [5, 5.41) is 16.3. The first-order chi connectivity index (χ1) is 10.2. The number of carbonyl (C=O) groups is 1. The van der Waals surface area contributed by atoms with Gasteiger partial charge in [0.15, 0.2) is 5.82 Å². The molecule has 0 bridgehead atoms. The SMILES string of the molecule is O=C(O)c1ccc(CCNc2nccn3nccc23)cc1. The van der Waals surface area contributed by atoms with Crippen LogP contribution in [0.5, 0.6) is 0 Å². The van der Waals surface area contributed by atoms with Gasteiger partial charge >= 0.3 is 5.97 Å². The Morgan fingerprint density at radius 2 is 2.00 bits per heavy atom. The Morgan fingerprint density at radius 3 is 2.76 bits per heavy atom. The van der Waals surface area contributed by atoms with Crippen molar-refractivity contribution in [3.63, 3.8) is 0 Å². The Morgan fingerprint density at radius 1 is 1.19 bits per heavy atom. The van der Waals surface area contributed by atoms with Crippen LogP contribution in [0.3, 0.4) is 0 Å². The number of rotatable bonds is 5. The zero-order valence-corrected chi connectivity index (χ0v) is 11.2. The van der Waals surface area contributed by atoms with E-state index in [1.165, 1.54) is 0 Å². The van der Waals surface area contributed by atoms with Gasteiger partial charge in [0.05, 0.1) is 11.8 Å². The number of nitrogens with zero attached hydrogens (tertiary/aromatic N) is 3. The Kier molecular flexibility index (Phi) is 3.51. The summed E-state index contributed by atoms with van der Waals surface area (Å²) < 4.78 is 1.76. The summed E-state index contributed by atoms with van der Waals surface area (Å²) in [5.74, 6) is -0.117. The van der Waals surface area contributed by atoms with Crippen molar-refractivity contribution in [1.82, 2.24) is 14.6 Å². The highest BCUT2D eigenvalue weighted by Gasteiger charge is 2.04. The quantitative estimate of drug-likeness (QED) is 0.749. The molecule has 0 atom stereocenters. The van der Waals surface area contributed by atoms with Gasteiger partial charge in [-0.3, -0.25) is 0 Å². The molecule has 0 saturated heterocycles. The Hall–Kier alpha value is -2.89. The van der Waals surface area contributed by atoms with Crippen molar-refractivity contribution in [2.75, 3.05) is 11.9 Å². The number of anilines is 1. The number of hydrogen-bond acceptors (Lipinski definition) is 4. The molecule has 0 saturated carbocycles. The third-order valence-corrected chi connectivity index (χ3v) is 3.23. The van der Waals surface area contributed by atoms with Gasteiger partial charge < -0.3 is 10.4 Å². The average Bonchev–Trinajstić information content (AvgIpc) is 2.97. The van der Waals surface area contributed by atoms with Crippen LogP contribution < -0.4 is 5.32 Å². The molecule has 3 rings (SSSR count). The van der Waals surface area contributed by atoms with Gasteiger partial charge in [0.1, 0.15) is 5.52 Å². The predicted octanol–water partition coefficient (Wildman–Crippen LogP) is 2.08. The number of nitrogens with one attached hydrogen (secondary N) is 1. The maximum Gasteiger partial charge on any atom is 0.335 e. The summed E-state index contributed by atoms with van der Waals surface area (Å²) in [4.78, 5) is 15.1. The molecule has 0 aliphatic heterocycles. The monoisotopic (exact) mass is 282 g/mol. The minimum atomic E-state index is -0.906. The van der Waals surface area contributed by atoms with Gasteiger partial charge in [0, 0.05) is 18.9 Å². The molecule has 6 heteroatoms. The van der Waals surface area contributed by atoms with E-state index in [0.29, 0.717) is 12.1 Å². The number of aromatic carboxylic acids is 1. The molecule has 2 aromatic heterocycles. The fourth-order valence-electron chi connectivity index (χ4n) is 2.13. The molecular weight excluding hydrogens is 268 g/mol. The third-order valence-electron chi connectivity index (χ3n) is 3.23. The van der Waals surface area contributed by atoms with Crippen LogP contribution in [-0.4, -0.2) is 32.2 Å². The number of benzene rings is 1. The van der Waals surface area contributed by atoms with Gasteiger partial charge in [-0.15, -0.1) is 0 Å². The van der Waals surface area contributed by atoms with E-state index in [1.54, 1.807) is 35.2 Å². The fraction of sp³-hybridized carbons (Fsp3) is 0.133. The van der Waals surface area contributed by atoms with Crippen LogP contribution in [0.25, 0.3) is 5.52 Å². The van der Waals surface area contributed by atoms with Gasteiger partial charge in [-0.05, 0) is 30.2 Å². The molecule has 2 N–H and O–H groups in total. The number of carboxylic acids is 1. The molecule has 0 amide bonds. The molecule has 2 heterocycles. The van der Waals surface area contributed by atoms with E-state index in [4.69, 9.17) is 5.11 Å². The smallest absolute Gasteiger partial charge is 0.335 e. The van der Waals surface area contributed by atoms with Crippen LogP contribution in [0.4, 0.5) is 5.82 Å². The minimum absolute atomic E-state index is 0.303. The third kappa shape index (κ3) is 2.84. The molecule has 0 unspecified atom stereocenters. The Labute approximate surface area is 121 Å². The highest BCUT2D eigenvalue weighted by Crippen LogP contribution is 2.12. The average molecular weight is 282 g/mol. The maximum atomic E-state index is 10.8. The number of hydrogen-bond donors (Lipinski definition) is 2. The van der Waals surface area contributed by atoms with Gasteiger partial charge in [0.25, 0.3) is 0 Å². The Bertz CT molecular complexity index is 765. The summed E-state index contributed by atoms with van der Waals surface area (Å²) >= 11 is 0. The molecule has 1 aromatic carbocycles. The van der Waals surface area contributed by atoms with Crippen LogP contribution in [0, 0.1) is 0 Å². The van der Waals surface area contributed by atoms with Crippen molar-refractivity contribution >= 4 is 17.3 Å². The summed E-state index contributed by atoms with van der Waals surface area (Å²) in [6, 6.07) is 8.80. The van der Waals surface area contributed by atoms with Crippen LogP contribution in [0.2, 0.25) is 0 Å². The highest BCUT2D eigenvalue weighted by molar-refractivity contribution is 5.87. The lowest BCUT2D eigenvalue weighted by atomic mass is 10.1. The van der Waals surface area contributed by atoms with Crippen LogP contribution in [-0.2, 0) is 6.42 Å². The van der Waals surface area contributed by atoms with E-state index < -0.39 is 5.97 Å². The van der Waals surface area contributed by atoms with Crippen LogP contribution >= 0.6 is 0 Å². The number of fused-ring (bicyclic) bond motifs is 1. The number of carboxylic acid groups (broad SMARTS) is 1. The topological polar surface area (TPSA) is 79.5 Å². The molecule has 6 nitrogen and oxygen atoms in total. The molecule has 0 aliphatic carbocycles. The van der Waals surface area contributed by atoms with E-state index in [2.05, 4.69) is 15.4 Å². The Balaban J connectivity index is 1.63. The summed E-state index contributed by atoms with van der Waals surface area (Å²) in [7, 11) is 0. The van der Waals surface area contributed by atoms with Crippen molar-refractivity contribution < 1.29 is 9.90 Å². The zero-order valence-electron chi connectivity index (χ0n) is 11.2. The molecule has 3 aromatic rings. The van der Waals surface area contributed by atoms with E-state index in [9.17, 15) is 4.79 Å². The standard InChI is InChI=1S/C15H14N4O2/c20-15(21)12-3-1-11(2-4-12)5-7-16-14-13-6-8-18-19(13)10-9-17-14/h1-4,6,8-10H,5,7H2,(H,16,17)(H,20,21). The first-order valence-corrected chi connectivity index (χ1v) is 6.58. The second kappa shape index (κ2) is 5.62. The van der Waals surface area contributed by atoms with Crippen molar-refractivity contribution in [3.05, 3.63) is 60.0 Å². The van der Waals surface area contributed by atoms with Gasteiger partial charge in [-0.1, -0.05) is 12.1 Å². The molecule has 0 aliphatic rings. The van der Waals surface area contributed by atoms with E-state index in [1.807, 2.05) is 18.2 Å². The first-order valence-electron chi connectivity index (χ1n) is 6.58. The normalized spacial score (nSPS) is 10.7. The maximum absolute atomic E-state index is 10.8. The fourth-order valence-corrected chi connectivity index (χ4v) is 2.13. The summed E-state index contributed by atoms with van der Waals surface area (Å²) in [6.45, 7) is 0.713. The molecular formula is C15H14N4O2. The van der Waals surface area contributed by atoms with Gasteiger partial charge in [0.2, 0.25) is 0 Å². The second-order valence-corrected chi connectivity index (χ2v) is 4.62. The summed E-state index contributed by atoms with van der Waals surface area (Å²) in [5.41, 5.74) is 2.31. The van der Waals surface area contributed by atoms with Crippen molar-refractivity contribution in [2.24, 2.45) is 0 Å². The lowest BCUT2D eigenvalue weighted by molar-refractivity contribution is 0.0697. The largest absolute Gasteiger partial charge is 0.478 e. The lowest BCUT2D eigenvalue weighted by Crippen LogP contribution is -2.08. The van der Waals surface area contributed by atoms with Crippen molar-refractivity contribution in [2.45, 2.75) is 6.42 Å². The first kappa shape index (κ1) is 13.1. The van der Waals surface area contributed by atoms with E-state index in [0.717, 1.165) is 23.3 Å². The molecule has 21 heavy (non-hydrogen) atoms. The highest BCUT2D eigenvalue weighted by atomic mass is 16.4. The van der Waals surface area contributed by atoms with Crippen molar-refractivity contribution in [3.8, 4) is 0 Å². The summed E-state index contributed by atoms with van der Waals surface area (Å²) in [6.07, 6.45) is 6.01. The second-order valence-electron chi connectivity index (χ2n) is 4.62. The van der Waals surface area contributed by atoms with Gasteiger partial charge in [-0.2, -0.15) is 5.10 Å². The zero-order chi connectivity index (χ0) is 14.7. The van der Waals surface area contributed by atoms with Crippen LogP contribution in [0.15, 0.2) is 48.9 Å². The predicted molar refractivity (Wildman–Crippen MR) is 78.6 cm³/mol. The number of aromatic nitrogens is 3.